The smallest absolute Gasteiger partial charge is 0.243 e. The van der Waals surface area contributed by atoms with Gasteiger partial charge in [-0.3, -0.25) is 13.9 Å². The van der Waals surface area contributed by atoms with Gasteiger partial charge in [0.25, 0.3) is 0 Å². The fraction of sp³-hybridized carbons (Fsp3) is 0.481. The van der Waals surface area contributed by atoms with Crippen molar-refractivity contribution in [1.29, 1.82) is 0 Å². The van der Waals surface area contributed by atoms with Crippen LogP contribution in [0.2, 0.25) is 0 Å². The first-order valence-corrected chi connectivity index (χ1v) is 14.1. The van der Waals surface area contributed by atoms with Crippen LogP contribution < -0.4 is 9.62 Å². The molecular weight excluding hydrogens is 500 g/mol. The summed E-state index contributed by atoms with van der Waals surface area (Å²) in [5.74, 6) is -2.83. The van der Waals surface area contributed by atoms with Crippen molar-refractivity contribution in [2.45, 2.75) is 72.0 Å². The highest BCUT2D eigenvalue weighted by atomic mass is 32.2. The third-order valence-corrected chi connectivity index (χ3v) is 6.86. The molecule has 1 atom stereocenters. The molecule has 2 rings (SSSR count). The summed E-state index contributed by atoms with van der Waals surface area (Å²) >= 11 is 0. The number of nitrogens with one attached hydrogen (secondary N) is 1. The van der Waals surface area contributed by atoms with E-state index in [0.717, 1.165) is 33.8 Å². The van der Waals surface area contributed by atoms with Gasteiger partial charge < -0.3 is 10.2 Å². The molecule has 0 radical (unpaired) electrons. The summed E-state index contributed by atoms with van der Waals surface area (Å²) < 4.78 is 52.7. The average molecular weight is 538 g/mol. The van der Waals surface area contributed by atoms with Crippen molar-refractivity contribution in [2.75, 3.05) is 17.1 Å². The van der Waals surface area contributed by atoms with Crippen molar-refractivity contribution < 1.29 is 26.8 Å². The lowest BCUT2D eigenvalue weighted by Crippen LogP contribution is -2.53. The molecule has 204 valence electrons. The van der Waals surface area contributed by atoms with Crippen LogP contribution in [0.5, 0.6) is 0 Å². The van der Waals surface area contributed by atoms with Crippen LogP contribution in [0.4, 0.5) is 14.5 Å². The second-order valence-electron chi connectivity index (χ2n) is 10.2. The quantitative estimate of drug-likeness (QED) is 0.456. The predicted octanol–water partition coefficient (Wildman–Crippen LogP) is 4.54. The molecule has 2 aromatic carbocycles. The normalized spacial score (nSPS) is 12.6. The molecule has 0 saturated heterocycles. The Morgan fingerprint density at radius 2 is 1.73 bits per heavy atom. The number of anilines is 1. The molecule has 0 aliphatic carbocycles. The lowest BCUT2D eigenvalue weighted by Gasteiger charge is -2.33. The Kier molecular flexibility index (Phi) is 10.2. The van der Waals surface area contributed by atoms with Gasteiger partial charge in [-0.05, 0) is 58.2 Å². The molecule has 0 spiro atoms. The van der Waals surface area contributed by atoms with Gasteiger partial charge in [-0.25, -0.2) is 17.2 Å². The average Bonchev–Trinajstić information content (AvgIpc) is 2.76. The standard InChI is InChI=1S/C27H37F2N3O4S/c1-7-24(26(34)30-27(3,4)5)31(18-20-11-8-10-19(2)16-20)25(33)12-9-15-32(37(6,35)36)21-13-14-22(28)23(29)17-21/h8,10-11,13-14,16-17,24H,7,9,12,15,18H2,1-6H3,(H,30,34). The molecule has 1 N–H and O–H groups in total. The molecule has 0 saturated carbocycles. The van der Waals surface area contributed by atoms with E-state index in [2.05, 4.69) is 5.32 Å². The summed E-state index contributed by atoms with van der Waals surface area (Å²) in [6.07, 6.45) is 1.43. The Balaban J connectivity index is 2.26. The Hall–Kier alpha value is -3.01. The van der Waals surface area contributed by atoms with Gasteiger partial charge in [-0.15, -0.1) is 0 Å². The molecule has 2 amide bonds. The van der Waals surface area contributed by atoms with Gasteiger partial charge in [0.1, 0.15) is 6.04 Å². The summed E-state index contributed by atoms with van der Waals surface area (Å²) in [5.41, 5.74) is 1.38. The SMILES string of the molecule is CCC(C(=O)NC(C)(C)C)N(Cc1cccc(C)c1)C(=O)CCCN(c1ccc(F)c(F)c1)S(C)(=O)=O. The minimum Gasteiger partial charge on any atom is -0.350 e. The van der Waals surface area contributed by atoms with Crippen LogP contribution in [-0.4, -0.2) is 49.5 Å². The van der Waals surface area contributed by atoms with Gasteiger partial charge in [-0.1, -0.05) is 36.8 Å². The van der Waals surface area contributed by atoms with E-state index in [1.807, 2.05) is 58.9 Å². The predicted molar refractivity (Wildman–Crippen MR) is 141 cm³/mol. The van der Waals surface area contributed by atoms with Gasteiger partial charge in [-0.2, -0.15) is 0 Å². The first kappa shape index (κ1) is 30.2. The maximum Gasteiger partial charge on any atom is 0.243 e. The largest absolute Gasteiger partial charge is 0.350 e. The van der Waals surface area contributed by atoms with Crippen LogP contribution in [-0.2, 0) is 26.2 Å². The number of hydrogen-bond donors (Lipinski definition) is 1. The second kappa shape index (κ2) is 12.5. The number of benzene rings is 2. The van der Waals surface area contributed by atoms with Crippen LogP contribution in [0.3, 0.4) is 0 Å². The zero-order chi connectivity index (χ0) is 28.0. The topological polar surface area (TPSA) is 86.8 Å². The number of rotatable bonds is 11. The number of hydrogen-bond acceptors (Lipinski definition) is 4. The van der Waals surface area contributed by atoms with E-state index < -0.39 is 33.2 Å². The highest BCUT2D eigenvalue weighted by Crippen LogP contribution is 2.22. The van der Waals surface area contributed by atoms with Crippen LogP contribution in [0, 0.1) is 18.6 Å². The second-order valence-corrected chi connectivity index (χ2v) is 12.1. The molecular formula is C27H37F2N3O4S. The van der Waals surface area contributed by atoms with Crippen LogP contribution in [0.1, 0.15) is 58.1 Å². The zero-order valence-corrected chi connectivity index (χ0v) is 23.2. The van der Waals surface area contributed by atoms with E-state index in [9.17, 15) is 26.8 Å². The Morgan fingerprint density at radius 3 is 2.27 bits per heavy atom. The van der Waals surface area contributed by atoms with Crippen LogP contribution in [0.25, 0.3) is 0 Å². The summed E-state index contributed by atoms with van der Waals surface area (Å²) in [6, 6.07) is 9.79. The molecule has 0 aliphatic heterocycles. The van der Waals surface area contributed by atoms with Crippen molar-refractivity contribution in [2.24, 2.45) is 0 Å². The van der Waals surface area contributed by atoms with E-state index in [1.54, 1.807) is 0 Å². The maximum atomic E-state index is 13.7. The molecule has 2 aromatic rings. The van der Waals surface area contributed by atoms with E-state index in [4.69, 9.17) is 0 Å². The minimum absolute atomic E-state index is 0.0264. The van der Waals surface area contributed by atoms with Gasteiger partial charge in [0.05, 0.1) is 11.9 Å². The van der Waals surface area contributed by atoms with E-state index >= 15 is 0 Å². The third-order valence-electron chi connectivity index (χ3n) is 5.66. The van der Waals surface area contributed by atoms with Gasteiger partial charge in [0.15, 0.2) is 11.6 Å². The number of aryl methyl sites for hydroxylation is 1. The molecule has 0 aromatic heterocycles. The highest BCUT2D eigenvalue weighted by molar-refractivity contribution is 7.92. The summed E-state index contributed by atoms with van der Waals surface area (Å²) in [6.45, 7) is 9.47. The minimum atomic E-state index is -3.82. The van der Waals surface area contributed by atoms with Gasteiger partial charge in [0.2, 0.25) is 21.8 Å². The summed E-state index contributed by atoms with van der Waals surface area (Å²) in [4.78, 5) is 28.1. The number of carbonyl (C=O) groups excluding carboxylic acids is 2. The first-order valence-electron chi connectivity index (χ1n) is 12.2. The van der Waals surface area contributed by atoms with Crippen molar-refractivity contribution in [3.05, 3.63) is 65.2 Å². The molecule has 10 heteroatoms. The molecule has 7 nitrogen and oxygen atoms in total. The Labute approximate surface area is 218 Å². The number of carbonyl (C=O) groups is 2. The van der Waals surface area contributed by atoms with Crippen LogP contribution in [0.15, 0.2) is 42.5 Å². The highest BCUT2D eigenvalue weighted by Gasteiger charge is 2.30. The van der Waals surface area contributed by atoms with Crippen molar-refractivity contribution in [3.8, 4) is 0 Å². The van der Waals surface area contributed by atoms with Crippen molar-refractivity contribution in [1.82, 2.24) is 10.2 Å². The summed E-state index contributed by atoms with van der Waals surface area (Å²) in [5, 5.41) is 2.94. The number of nitrogens with zero attached hydrogens (tertiary/aromatic N) is 2. The fourth-order valence-electron chi connectivity index (χ4n) is 4.02. The molecule has 0 fully saturated rings. The molecule has 0 heterocycles. The molecule has 37 heavy (non-hydrogen) atoms. The van der Waals surface area contributed by atoms with Crippen molar-refractivity contribution in [3.63, 3.8) is 0 Å². The maximum absolute atomic E-state index is 13.7. The number of halogens is 2. The van der Waals surface area contributed by atoms with E-state index in [0.29, 0.717) is 6.42 Å². The molecule has 1 unspecified atom stereocenters. The Morgan fingerprint density at radius 1 is 1.05 bits per heavy atom. The van der Waals surface area contributed by atoms with Crippen molar-refractivity contribution >= 4 is 27.5 Å². The number of amides is 2. The fourth-order valence-corrected chi connectivity index (χ4v) is 4.98. The monoisotopic (exact) mass is 537 g/mol. The molecule has 0 bridgehead atoms. The first-order chi connectivity index (χ1) is 17.1. The van der Waals surface area contributed by atoms with Gasteiger partial charge in [0, 0.05) is 31.1 Å². The van der Waals surface area contributed by atoms with Gasteiger partial charge >= 0.3 is 0 Å². The lowest BCUT2D eigenvalue weighted by atomic mass is 10.0. The van der Waals surface area contributed by atoms with E-state index in [1.165, 1.54) is 11.0 Å². The Bertz CT molecular complexity index is 1210. The summed E-state index contributed by atoms with van der Waals surface area (Å²) in [7, 11) is -3.82. The van der Waals surface area contributed by atoms with E-state index in [-0.39, 0.29) is 43.4 Å². The zero-order valence-electron chi connectivity index (χ0n) is 22.3. The lowest BCUT2D eigenvalue weighted by molar-refractivity contribution is -0.142. The van der Waals surface area contributed by atoms with Crippen LogP contribution >= 0.6 is 0 Å². The number of sulfonamides is 1. The molecule has 0 aliphatic rings. The third kappa shape index (κ3) is 9.10.